The van der Waals surface area contributed by atoms with E-state index in [0.29, 0.717) is 16.8 Å². The topological polar surface area (TPSA) is 84.2 Å². The van der Waals surface area contributed by atoms with Crippen LogP contribution in [0.2, 0.25) is 0 Å². The van der Waals surface area contributed by atoms with Crippen molar-refractivity contribution in [2.24, 2.45) is 4.99 Å². The van der Waals surface area contributed by atoms with Gasteiger partial charge in [0.05, 0.1) is 0 Å². The number of rotatable bonds is 5. The molecule has 1 aliphatic heterocycles. The molecule has 3 heterocycles. The third-order valence-corrected chi connectivity index (χ3v) is 11.1. The molecule has 1 fully saturated rings. The van der Waals surface area contributed by atoms with Crippen LogP contribution in [0.1, 0.15) is 49.2 Å². The zero-order valence-electron chi connectivity index (χ0n) is 15.6. The van der Waals surface area contributed by atoms with E-state index in [0.717, 1.165) is 19.6 Å². The number of aromatic nitrogens is 4. The number of thioether (sulfide) groups is 2. The predicted octanol–water partition coefficient (Wildman–Crippen LogP) is 3.93. The van der Waals surface area contributed by atoms with E-state index >= 15 is 0 Å². The quantitative estimate of drug-likeness (QED) is 0.475. The number of aliphatic hydroxyl groups excluding tert-OH is 1. The third kappa shape index (κ3) is 5.34. The van der Waals surface area contributed by atoms with Crippen LogP contribution < -0.4 is 0 Å². The number of nitrogens with zero attached hydrogens (tertiary/aromatic N) is 5. The molecule has 28 heavy (non-hydrogen) atoms. The van der Waals surface area contributed by atoms with Crippen LogP contribution in [0.25, 0.3) is 4.91 Å². The van der Waals surface area contributed by atoms with Gasteiger partial charge in [0.25, 0.3) is 0 Å². The average molecular weight is 518 g/mol. The Hall–Kier alpha value is -0.971. The van der Waals surface area contributed by atoms with Gasteiger partial charge in [0.2, 0.25) is 0 Å². The number of aryl methyl sites for hydroxylation is 1. The standard InChI is InChI=1S/C19H21N5OS2.Sn/c1-13-8-17(24-19(23-13)27-16-6-4-3-5-7-16)14(2)26-12-22-18-10-20-15(11-25)9-21-18;/h2,8-10,16,25H,3-7,11H2,1H3;. The van der Waals surface area contributed by atoms with Gasteiger partial charge in [-0.2, -0.15) is 0 Å². The summed E-state index contributed by atoms with van der Waals surface area (Å²) >= 11 is 2.67. The van der Waals surface area contributed by atoms with Crippen molar-refractivity contribution in [1.29, 1.82) is 0 Å². The molecule has 1 N–H and O–H groups in total. The number of aliphatic hydroxyl groups is 1. The van der Waals surface area contributed by atoms with Crippen LogP contribution >= 0.6 is 23.5 Å². The molecule has 9 heteroatoms. The Morgan fingerprint density at radius 3 is 2.82 bits per heavy atom. The van der Waals surface area contributed by atoms with Crippen LogP contribution in [-0.4, -0.2) is 54.5 Å². The van der Waals surface area contributed by atoms with Gasteiger partial charge in [0.1, 0.15) is 0 Å². The maximum absolute atomic E-state index is 9.07. The van der Waals surface area contributed by atoms with Crippen molar-refractivity contribution < 1.29 is 5.11 Å². The van der Waals surface area contributed by atoms with Crippen molar-refractivity contribution in [3.05, 3.63) is 39.6 Å². The molecule has 0 aromatic carbocycles. The molecule has 0 amide bonds. The molecule has 2 radical (unpaired) electrons. The van der Waals surface area contributed by atoms with Crippen molar-refractivity contribution in [1.82, 2.24) is 19.9 Å². The first-order valence-electron chi connectivity index (χ1n) is 9.37. The Balaban J connectivity index is 1.46. The average Bonchev–Trinajstić information content (AvgIpc) is 3.17. The van der Waals surface area contributed by atoms with Gasteiger partial charge in [-0.3, -0.25) is 0 Å². The molecule has 2 aromatic heterocycles. The summed E-state index contributed by atoms with van der Waals surface area (Å²) in [5.41, 5.74) is 2.59. The van der Waals surface area contributed by atoms with Crippen LogP contribution in [0, 0.1) is 6.92 Å². The Morgan fingerprint density at radius 1 is 1.21 bits per heavy atom. The van der Waals surface area contributed by atoms with Crippen molar-refractivity contribution in [2.45, 2.75) is 56.0 Å². The summed E-state index contributed by atoms with van der Waals surface area (Å²) in [5.74, 6) is 0.600. The molecule has 1 saturated carbocycles. The van der Waals surface area contributed by atoms with Gasteiger partial charge < -0.3 is 0 Å². The molecular weight excluding hydrogens is 497 g/mol. The Kier molecular flexibility index (Phi) is 7.03. The molecular formula is C19H21N5OS2Sn. The van der Waals surface area contributed by atoms with Crippen molar-refractivity contribution in [3.63, 3.8) is 0 Å². The molecule has 1 aliphatic carbocycles. The maximum atomic E-state index is 9.07. The van der Waals surface area contributed by atoms with E-state index in [4.69, 9.17) is 10.1 Å². The molecule has 2 aliphatic rings. The van der Waals surface area contributed by atoms with Crippen LogP contribution in [0.4, 0.5) is 5.82 Å². The molecule has 4 rings (SSSR count). The number of aliphatic imine (C=N–C) groups is 1. The second-order valence-corrected chi connectivity index (χ2v) is 13.1. The van der Waals surface area contributed by atoms with Gasteiger partial charge in [0.15, 0.2) is 0 Å². The summed E-state index contributed by atoms with van der Waals surface area (Å²) in [4.78, 5) is 23.8. The molecule has 2 aromatic rings. The Bertz CT molecular complexity index is 898. The normalized spacial score (nSPS) is 19.2. The van der Waals surface area contributed by atoms with Crippen LogP contribution in [0.5, 0.6) is 0 Å². The van der Waals surface area contributed by atoms with Gasteiger partial charge in [-0.25, -0.2) is 0 Å². The minimum atomic E-state index is -0.876. The fraction of sp³-hybridized carbons (Fsp3) is 0.421. The van der Waals surface area contributed by atoms with E-state index in [1.54, 1.807) is 24.2 Å². The number of hydrogen-bond acceptors (Lipinski definition) is 8. The first-order valence-corrected chi connectivity index (χ1v) is 14.1. The fourth-order valence-corrected chi connectivity index (χ4v) is 9.41. The van der Waals surface area contributed by atoms with E-state index in [1.807, 2.05) is 18.7 Å². The third-order valence-electron chi connectivity index (χ3n) is 4.51. The molecule has 144 valence electrons. The Morgan fingerprint density at radius 2 is 2.07 bits per heavy atom. The summed E-state index contributed by atoms with van der Waals surface area (Å²) in [5, 5.41) is 10.6. The summed E-state index contributed by atoms with van der Waals surface area (Å²) in [6.45, 7) is 1.94. The van der Waals surface area contributed by atoms with Gasteiger partial charge in [-0.1, -0.05) is 0 Å². The second kappa shape index (κ2) is 9.69. The molecule has 0 atom stereocenters. The van der Waals surface area contributed by atoms with E-state index in [2.05, 4.69) is 30.1 Å². The van der Waals surface area contributed by atoms with Gasteiger partial charge in [-0.15, -0.1) is 0 Å². The summed E-state index contributed by atoms with van der Waals surface area (Å²) < 4.78 is 3.47. The predicted molar refractivity (Wildman–Crippen MR) is 116 cm³/mol. The first kappa shape index (κ1) is 20.3. The molecule has 0 bridgehead atoms. The van der Waals surface area contributed by atoms with Crippen molar-refractivity contribution in [3.8, 4) is 0 Å². The minimum absolute atomic E-state index is 0.102. The van der Waals surface area contributed by atoms with Crippen LogP contribution in [0.15, 0.2) is 32.7 Å². The zero-order chi connectivity index (χ0) is 19.3. The molecule has 0 saturated heterocycles. The van der Waals surface area contributed by atoms with E-state index in [1.165, 1.54) is 37.0 Å². The summed E-state index contributed by atoms with van der Waals surface area (Å²) in [7, 11) is 0. The van der Waals surface area contributed by atoms with E-state index < -0.39 is 21.1 Å². The van der Waals surface area contributed by atoms with Crippen molar-refractivity contribution >= 4 is 58.4 Å². The zero-order valence-corrected chi connectivity index (χ0v) is 20.1. The SMILES string of the molecule is Cc1cc(C2=[CH][Sn][C](=Nc3cnc(CO)cn3)S2)nc(SC2CCCCC2)n1. The summed E-state index contributed by atoms with van der Waals surface area (Å²) in [6, 6.07) is 2.07. The number of hydrogen-bond donors (Lipinski definition) is 1. The summed E-state index contributed by atoms with van der Waals surface area (Å²) in [6.07, 6.45) is 9.75. The van der Waals surface area contributed by atoms with Crippen LogP contribution in [-0.2, 0) is 6.61 Å². The fourth-order valence-electron chi connectivity index (χ4n) is 3.12. The van der Waals surface area contributed by atoms with Gasteiger partial charge in [-0.05, 0) is 0 Å². The second-order valence-electron chi connectivity index (χ2n) is 6.75. The first-order chi connectivity index (χ1) is 13.7. The van der Waals surface area contributed by atoms with Gasteiger partial charge in [0, 0.05) is 0 Å². The molecule has 0 unspecified atom stereocenters. The van der Waals surface area contributed by atoms with Gasteiger partial charge >= 0.3 is 184 Å². The monoisotopic (exact) mass is 519 g/mol. The molecule has 6 nitrogen and oxygen atoms in total. The van der Waals surface area contributed by atoms with Crippen LogP contribution in [0.3, 0.4) is 0 Å². The van der Waals surface area contributed by atoms with E-state index in [-0.39, 0.29) is 6.61 Å². The molecule has 0 spiro atoms. The van der Waals surface area contributed by atoms with Crippen molar-refractivity contribution in [2.75, 3.05) is 0 Å². The Labute approximate surface area is 183 Å². The van der Waals surface area contributed by atoms with E-state index in [9.17, 15) is 0 Å².